The molecule has 20 heavy (non-hydrogen) atoms. The summed E-state index contributed by atoms with van der Waals surface area (Å²) in [5.74, 6) is 6.50. The Morgan fingerprint density at radius 2 is 2.30 bits per heavy atom. The minimum Gasteiger partial charge on any atom is -0.469 e. The molecule has 104 valence electrons. The quantitative estimate of drug-likeness (QED) is 0.828. The Kier molecular flexibility index (Phi) is 5.42. The van der Waals surface area contributed by atoms with Crippen molar-refractivity contribution in [2.24, 2.45) is 0 Å². The third-order valence-corrected chi connectivity index (χ3v) is 3.51. The Balaban J connectivity index is 1.82. The number of amides is 1. The third-order valence-electron chi connectivity index (χ3n) is 2.52. The van der Waals surface area contributed by atoms with Crippen molar-refractivity contribution in [1.82, 2.24) is 5.32 Å². The number of nitrogens with one attached hydrogen (secondary N) is 1. The van der Waals surface area contributed by atoms with E-state index in [9.17, 15) is 4.79 Å². The van der Waals surface area contributed by atoms with E-state index in [2.05, 4.69) is 17.2 Å². The Labute approximate surface area is 121 Å². The molecule has 2 aromatic heterocycles. The highest BCUT2D eigenvalue weighted by atomic mass is 32.1. The van der Waals surface area contributed by atoms with Gasteiger partial charge in [0.05, 0.1) is 22.6 Å². The van der Waals surface area contributed by atoms with Gasteiger partial charge in [0.1, 0.15) is 5.76 Å². The van der Waals surface area contributed by atoms with Gasteiger partial charge in [0.15, 0.2) is 0 Å². The van der Waals surface area contributed by atoms with E-state index >= 15 is 0 Å². The van der Waals surface area contributed by atoms with Crippen molar-refractivity contribution in [3.05, 3.63) is 46.0 Å². The van der Waals surface area contributed by atoms with Crippen LogP contribution >= 0.6 is 11.3 Å². The Bertz CT molecular complexity index is 605. The van der Waals surface area contributed by atoms with Crippen LogP contribution in [0.4, 0.5) is 0 Å². The number of hydrogen-bond donors (Lipinski definition) is 2. The van der Waals surface area contributed by atoms with Crippen LogP contribution in [0.3, 0.4) is 0 Å². The van der Waals surface area contributed by atoms with Gasteiger partial charge in [0.25, 0.3) is 5.91 Å². The van der Waals surface area contributed by atoms with E-state index in [0.29, 0.717) is 24.3 Å². The van der Waals surface area contributed by atoms with Gasteiger partial charge in [-0.15, -0.1) is 11.3 Å². The molecule has 0 aromatic carbocycles. The van der Waals surface area contributed by atoms with E-state index in [1.54, 1.807) is 12.3 Å². The largest absolute Gasteiger partial charge is 0.469 e. The minimum atomic E-state index is -0.100. The first-order valence-corrected chi connectivity index (χ1v) is 7.11. The van der Waals surface area contributed by atoms with Crippen LogP contribution in [0.2, 0.25) is 0 Å². The lowest BCUT2D eigenvalue weighted by Crippen LogP contribution is -2.24. The number of carbonyl (C=O) groups is 1. The van der Waals surface area contributed by atoms with Crippen LogP contribution < -0.4 is 5.32 Å². The molecule has 2 N–H and O–H groups in total. The summed E-state index contributed by atoms with van der Waals surface area (Å²) in [7, 11) is 0. The lowest BCUT2D eigenvalue weighted by atomic mass is 10.3. The lowest BCUT2D eigenvalue weighted by Gasteiger charge is -2.01. The fourth-order valence-corrected chi connectivity index (χ4v) is 2.37. The molecular weight excluding hydrogens is 274 g/mol. The van der Waals surface area contributed by atoms with Crippen LogP contribution in [-0.4, -0.2) is 24.2 Å². The van der Waals surface area contributed by atoms with E-state index in [0.717, 1.165) is 10.6 Å². The summed E-state index contributed by atoms with van der Waals surface area (Å²) in [5, 5.41) is 11.5. The predicted molar refractivity (Wildman–Crippen MR) is 77.6 cm³/mol. The summed E-state index contributed by atoms with van der Waals surface area (Å²) in [6, 6.07) is 7.28. The van der Waals surface area contributed by atoms with Crippen molar-refractivity contribution in [3.63, 3.8) is 0 Å². The summed E-state index contributed by atoms with van der Waals surface area (Å²) in [4.78, 5) is 13.4. The first kappa shape index (κ1) is 14.4. The molecule has 0 saturated heterocycles. The monoisotopic (exact) mass is 289 g/mol. The van der Waals surface area contributed by atoms with E-state index in [-0.39, 0.29) is 12.5 Å². The molecule has 0 fully saturated rings. The highest BCUT2D eigenvalue weighted by molar-refractivity contribution is 7.14. The molecule has 0 radical (unpaired) electrons. The van der Waals surface area contributed by atoms with Crippen molar-refractivity contribution < 1.29 is 14.3 Å². The Morgan fingerprint density at radius 1 is 1.40 bits per heavy atom. The van der Waals surface area contributed by atoms with Crippen molar-refractivity contribution in [2.45, 2.75) is 12.8 Å². The zero-order valence-corrected chi connectivity index (χ0v) is 11.7. The topological polar surface area (TPSA) is 62.5 Å². The zero-order valence-electron chi connectivity index (χ0n) is 10.9. The fraction of sp³-hybridized carbons (Fsp3) is 0.267. The zero-order chi connectivity index (χ0) is 14.2. The molecule has 0 atom stereocenters. The van der Waals surface area contributed by atoms with Gasteiger partial charge in [-0.05, 0) is 24.3 Å². The van der Waals surface area contributed by atoms with Gasteiger partial charge in [-0.3, -0.25) is 4.79 Å². The van der Waals surface area contributed by atoms with Gasteiger partial charge in [-0.2, -0.15) is 0 Å². The molecule has 0 saturated carbocycles. The van der Waals surface area contributed by atoms with Gasteiger partial charge >= 0.3 is 0 Å². The molecule has 0 aliphatic rings. The second kappa shape index (κ2) is 7.53. The second-order valence-corrected chi connectivity index (χ2v) is 5.11. The molecular formula is C15H15NO3S. The van der Waals surface area contributed by atoms with Gasteiger partial charge < -0.3 is 14.8 Å². The number of hydrogen-bond acceptors (Lipinski definition) is 4. The van der Waals surface area contributed by atoms with Crippen molar-refractivity contribution in [1.29, 1.82) is 0 Å². The normalized spacial score (nSPS) is 9.85. The molecule has 0 aliphatic carbocycles. The summed E-state index contributed by atoms with van der Waals surface area (Å²) >= 11 is 1.35. The molecule has 2 rings (SSSR count). The van der Waals surface area contributed by atoms with Crippen molar-refractivity contribution in [3.8, 4) is 11.8 Å². The van der Waals surface area contributed by atoms with E-state index in [1.165, 1.54) is 11.3 Å². The van der Waals surface area contributed by atoms with Gasteiger partial charge in [0, 0.05) is 19.4 Å². The predicted octanol–water partition coefficient (Wildman–Crippen LogP) is 2.05. The SMILES string of the molecule is O=C(NCCc1ccco1)c1ccc(C#CCCO)s1. The number of carbonyl (C=O) groups excluding carboxylic acids is 1. The molecule has 0 unspecified atom stereocenters. The van der Waals surface area contributed by atoms with E-state index in [4.69, 9.17) is 9.52 Å². The molecule has 5 heteroatoms. The minimum absolute atomic E-state index is 0.0541. The summed E-state index contributed by atoms with van der Waals surface area (Å²) in [6.07, 6.45) is 2.74. The maximum atomic E-state index is 11.9. The molecule has 2 aromatic rings. The maximum absolute atomic E-state index is 11.9. The molecule has 0 bridgehead atoms. The average Bonchev–Trinajstić information content (AvgIpc) is 3.10. The summed E-state index contributed by atoms with van der Waals surface area (Å²) < 4.78 is 5.19. The number of thiophene rings is 1. The summed E-state index contributed by atoms with van der Waals surface area (Å²) in [5.41, 5.74) is 0. The van der Waals surface area contributed by atoms with Crippen LogP contribution in [0.25, 0.3) is 0 Å². The number of aliphatic hydroxyl groups excluding tert-OH is 1. The van der Waals surface area contributed by atoms with Crippen LogP contribution in [0.1, 0.15) is 26.7 Å². The van der Waals surface area contributed by atoms with Gasteiger partial charge in [-0.1, -0.05) is 11.8 Å². The number of aliphatic hydroxyl groups is 1. The smallest absolute Gasteiger partial charge is 0.261 e. The first-order chi connectivity index (χ1) is 9.79. The maximum Gasteiger partial charge on any atom is 0.261 e. The van der Waals surface area contributed by atoms with Crippen molar-refractivity contribution in [2.75, 3.05) is 13.2 Å². The lowest BCUT2D eigenvalue weighted by molar-refractivity contribution is 0.0958. The second-order valence-electron chi connectivity index (χ2n) is 4.02. The highest BCUT2D eigenvalue weighted by Gasteiger charge is 2.08. The Hall–Kier alpha value is -2.03. The number of furan rings is 1. The van der Waals surface area contributed by atoms with Crippen molar-refractivity contribution >= 4 is 17.2 Å². The molecule has 4 nitrogen and oxygen atoms in total. The molecule has 1 amide bonds. The fourth-order valence-electron chi connectivity index (χ4n) is 1.57. The summed E-state index contributed by atoms with van der Waals surface area (Å²) in [6.45, 7) is 0.592. The van der Waals surface area contributed by atoms with Crippen LogP contribution in [0, 0.1) is 11.8 Å². The van der Waals surface area contributed by atoms with Crippen LogP contribution in [0.5, 0.6) is 0 Å². The van der Waals surface area contributed by atoms with Gasteiger partial charge in [-0.25, -0.2) is 0 Å². The van der Waals surface area contributed by atoms with Crippen LogP contribution in [-0.2, 0) is 6.42 Å². The highest BCUT2D eigenvalue weighted by Crippen LogP contribution is 2.15. The van der Waals surface area contributed by atoms with E-state index < -0.39 is 0 Å². The first-order valence-electron chi connectivity index (χ1n) is 6.30. The average molecular weight is 289 g/mol. The Morgan fingerprint density at radius 3 is 3.05 bits per heavy atom. The molecule has 0 spiro atoms. The molecule has 0 aliphatic heterocycles. The third kappa shape index (κ3) is 4.26. The molecule has 2 heterocycles. The van der Waals surface area contributed by atoms with Gasteiger partial charge in [0.2, 0.25) is 0 Å². The van der Waals surface area contributed by atoms with Crippen LogP contribution in [0.15, 0.2) is 34.9 Å². The van der Waals surface area contributed by atoms with E-state index in [1.807, 2.05) is 18.2 Å². The number of rotatable bonds is 5. The standard InChI is InChI=1S/C15H15NO3S/c17-10-2-1-5-13-6-7-14(20-13)15(18)16-9-8-12-4-3-11-19-12/h3-4,6-7,11,17H,2,8-10H2,(H,16,18).